The van der Waals surface area contributed by atoms with Crippen molar-refractivity contribution in [3.05, 3.63) is 33.5 Å². The first-order valence-electron chi connectivity index (χ1n) is 3.63. The monoisotopic (exact) mass is 202 g/mol. The highest BCUT2D eigenvalue weighted by atomic mass is 19.3. The van der Waals surface area contributed by atoms with Crippen LogP contribution in [0.3, 0.4) is 0 Å². The van der Waals surface area contributed by atoms with Gasteiger partial charge in [-0.2, -0.15) is 5.26 Å². The van der Waals surface area contributed by atoms with Crippen molar-refractivity contribution in [2.24, 2.45) is 0 Å². The third-order valence-electron chi connectivity index (χ3n) is 1.63. The van der Waals surface area contributed by atoms with E-state index in [0.29, 0.717) is 0 Å². The maximum Gasteiger partial charge on any atom is 0.272 e. The van der Waals surface area contributed by atoms with Gasteiger partial charge in [0.2, 0.25) is 0 Å². The maximum absolute atomic E-state index is 13.1. The number of pyridine rings is 1. The molecule has 0 radical (unpaired) electrons. The number of nitriles is 1. The third-order valence-corrected chi connectivity index (χ3v) is 1.63. The van der Waals surface area contributed by atoms with Crippen molar-refractivity contribution in [1.29, 1.82) is 5.26 Å². The molecule has 1 heterocycles. The minimum absolute atomic E-state index is 0.234. The first-order valence-corrected chi connectivity index (χ1v) is 3.63. The van der Waals surface area contributed by atoms with E-state index in [4.69, 9.17) is 5.26 Å². The van der Waals surface area contributed by atoms with Gasteiger partial charge in [0.05, 0.1) is 12.5 Å². The lowest BCUT2D eigenvalue weighted by Crippen LogP contribution is -2.16. The van der Waals surface area contributed by atoms with E-state index >= 15 is 0 Å². The Morgan fingerprint density at radius 1 is 1.57 bits per heavy atom. The first kappa shape index (κ1) is 10.3. The van der Waals surface area contributed by atoms with Crippen LogP contribution in [0.15, 0.2) is 11.0 Å². The first-order chi connectivity index (χ1) is 6.57. The fourth-order valence-corrected chi connectivity index (χ4v) is 0.975. The summed E-state index contributed by atoms with van der Waals surface area (Å²) in [4.78, 5) is 12.7. The van der Waals surface area contributed by atoms with E-state index < -0.39 is 23.4 Å². The molecule has 0 aliphatic rings. The van der Waals surface area contributed by atoms with Gasteiger partial charge in [-0.05, 0) is 0 Å². The van der Waals surface area contributed by atoms with Crippen LogP contribution in [0.25, 0.3) is 0 Å². The van der Waals surface area contributed by atoms with Crippen LogP contribution in [0.1, 0.15) is 17.6 Å². The topological polar surface area (TPSA) is 56.6 Å². The summed E-state index contributed by atoms with van der Waals surface area (Å²) in [6.45, 7) is 0. The third kappa shape index (κ3) is 1.76. The predicted molar refractivity (Wildman–Crippen MR) is 41.3 cm³/mol. The average molecular weight is 202 g/mol. The van der Waals surface area contributed by atoms with Crippen LogP contribution in [-0.2, 0) is 6.42 Å². The molecule has 3 nitrogen and oxygen atoms in total. The number of H-pyrrole nitrogens is 1. The summed E-state index contributed by atoms with van der Waals surface area (Å²) in [6.07, 6.45) is -2.62. The van der Waals surface area contributed by atoms with Gasteiger partial charge >= 0.3 is 0 Å². The lowest BCUT2D eigenvalue weighted by atomic mass is 10.1. The highest BCUT2D eigenvalue weighted by molar-refractivity contribution is 5.24. The lowest BCUT2D eigenvalue weighted by Gasteiger charge is -2.03. The van der Waals surface area contributed by atoms with Crippen molar-refractivity contribution in [1.82, 2.24) is 4.98 Å². The zero-order chi connectivity index (χ0) is 10.7. The predicted octanol–water partition coefficient (Wildman–Crippen LogP) is 1.52. The smallest absolute Gasteiger partial charge is 0.272 e. The summed E-state index contributed by atoms with van der Waals surface area (Å²) in [6, 6.07) is 1.60. The minimum Gasteiger partial charge on any atom is -0.328 e. The Morgan fingerprint density at radius 3 is 2.71 bits per heavy atom. The van der Waals surface area contributed by atoms with Crippen molar-refractivity contribution in [3.63, 3.8) is 0 Å². The van der Waals surface area contributed by atoms with Gasteiger partial charge in [0.1, 0.15) is 11.4 Å². The van der Waals surface area contributed by atoms with Crippen LogP contribution in [0.2, 0.25) is 0 Å². The molecular weight excluding hydrogens is 197 g/mol. The SMILES string of the molecule is N#CCc1c[nH]c(=O)c(C(F)F)c1F. The van der Waals surface area contributed by atoms with Gasteiger partial charge in [-0.1, -0.05) is 0 Å². The van der Waals surface area contributed by atoms with Crippen molar-refractivity contribution in [2.75, 3.05) is 0 Å². The second kappa shape index (κ2) is 3.96. The van der Waals surface area contributed by atoms with Gasteiger partial charge in [-0.25, -0.2) is 13.2 Å². The minimum atomic E-state index is -3.18. The quantitative estimate of drug-likeness (QED) is 0.790. The lowest BCUT2D eigenvalue weighted by molar-refractivity contribution is 0.144. The zero-order valence-corrected chi connectivity index (χ0v) is 6.85. The Morgan fingerprint density at radius 2 is 2.21 bits per heavy atom. The second-order valence-electron chi connectivity index (χ2n) is 2.51. The zero-order valence-electron chi connectivity index (χ0n) is 6.85. The largest absolute Gasteiger partial charge is 0.328 e. The number of hydrogen-bond donors (Lipinski definition) is 1. The van der Waals surface area contributed by atoms with Crippen LogP contribution >= 0.6 is 0 Å². The summed E-state index contributed by atoms with van der Waals surface area (Å²) >= 11 is 0. The summed E-state index contributed by atoms with van der Waals surface area (Å²) < 4.78 is 37.5. The highest BCUT2D eigenvalue weighted by Gasteiger charge is 2.20. The summed E-state index contributed by atoms with van der Waals surface area (Å²) in [5.41, 5.74) is -2.61. The molecule has 1 aromatic rings. The van der Waals surface area contributed by atoms with Crippen molar-refractivity contribution in [2.45, 2.75) is 12.8 Å². The summed E-state index contributed by atoms with van der Waals surface area (Å²) in [5, 5.41) is 8.25. The Kier molecular flexibility index (Phi) is 2.92. The highest BCUT2D eigenvalue weighted by Crippen LogP contribution is 2.19. The van der Waals surface area contributed by atoms with Crippen molar-refractivity contribution >= 4 is 0 Å². The number of alkyl halides is 2. The molecule has 0 aromatic carbocycles. The van der Waals surface area contributed by atoms with Gasteiger partial charge in [0, 0.05) is 11.8 Å². The molecule has 6 heteroatoms. The van der Waals surface area contributed by atoms with Crippen LogP contribution < -0.4 is 5.56 Å². The molecule has 1 aromatic heterocycles. The molecule has 0 saturated heterocycles. The number of nitrogens with one attached hydrogen (secondary N) is 1. The molecule has 1 N–H and O–H groups in total. The van der Waals surface area contributed by atoms with Gasteiger partial charge in [-0.3, -0.25) is 4.79 Å². The van der Waals surface area contributed by atoms with Gasteiger partial charge < -0.3 is 4.98 Å². The Hall–Kier alpha value is -1.77. The van der Waals surface area contributed by atoms with Crippen LogP contribution in [0.5, 0.6) is 0 Å². The molecule has 0 atom stereocenters. The number of nitrogens with zero attached hydrogens (tertiary/aromatic N) is 1. The number of aromatic nitrogens is 1. The van der Waals surface area contributed by atoms with Crippen molar-refractivity contribution < 1.29 is 13.2 Å². The molecule has 0 fully saturated rings. The molecule has 0 aliphatic heterocycles. The molecule has 0 unspecified atom stereocenters. The second-order valence-corrected chi connectivity index (χ2v) is 2.51. The van der Waals surface area contributed by atoms with Crippen LogP contribution in [-0.4, -0.2) is 4.98 Å². The van der Waals surface area contributed by atoms with E-state index in [9.17, 15) is 18.0 Å². The van der Waals surface area contributed by atoms with Gasteiger partial charge in [-0.15, -0.1) is 0 Å². The Balaban J connectivity index is 3.35. The van der Waals surface area contributed by atoms with E-state index in [2.05, 4.69) is 0 Å². The van der Waals surface area contributed by atoms with E-state index in [1.54, 1.807) is 6.07 Å². The normalized spacial score (nSPS) is 10.2. The molecule has 1 rings (SSSR count). The number of aromatic amines is 1. The van der Waals surface area contributed by atoms with Crippen LogP contribution in [0.4, 0.5) is 13.2 Å². The summed E-state index contributed by atoms with van der Waals surface area (Å²) in [5.74, 6) is -1.30. The standard InChI is InChI=1S/C8H5F3N2O/c9-6-4(1-2-12)3-13-8(14)5(6)7(10)11/h3,7H,1H2,(H,13,14). The van der Waals surface area contributed by atoms with E-state index in [1.807, 2.05) is 4.98 Å². The maximum atomic E-state index is 13.1. The van der Waals surface area contributed by atoms with Crippen molar-refractivity contribution in [3.8, 4) is 6.07 Å². The van der Waals surface area contributed by atoms with Gasteiger partial charge in [0.15, 0.2) is 0 Å². The molecule has 14 heavy (non-hydrogen) atoms. The molecule has 0 aliphatic carbocycles. The average Bonchev–Trinajstić information content (AvgIpc) is 2.10. The Labute approximate surface area is 76.8 Å². The molecule has 0 bridgehead atoms. The molecule has 0 saturated carbocycles. The Bertz CT molecular complexity index is 433. The molecule has 0 spiro atoms. The molecule has 0 amide bonds. The fourth-order valence-electron chi connectivity index (χ4n) is 0.975. The molecular formula is C8H5F3N2O. The number of halogens is 3. The number of hydrogen-bond acceptors (Lipinski definition) is 2. The molecule has 74 valence electrons. The van der Waals surface area contributed by atoms with E-state index in [-0.39, 0.29) is 12.0 Å². The van der Waals surface area contributed by atoms with Crippen LogP contribution in [0, 0.1) is 17.1 Å². The summed E-state index contributed by atoms with van der Waals surface area (Å²) in [7, 11) is 0. The number of rotatable bonds is 2. The van der Waals surface area contributed by atoms with E-state index in [1.165, 1.54) is 0 Å². The fraction of sp³-hybridized carbons (Fsp3) is 0.250. The van der Waals surface area contributed by atoms with E-state index in [0.717, 1.165) is 6.20 Å². The van der Waals surface area contributed by atoms with Gasteiger partial charge in [0.25, 0.3) is 12.0 Å².